The minimum atomic E-state index is 0.244. The Balaban J connectivity index is 2.18. The molecule has 0 heterocycles. The molecular formula is C12H18O. The van der Waals surface area contributed by atoms with E-state index in [0.717, 1.165) is 18.4 Å². The predicted octanol–water partition coefficient (Wildman–Crippen LogP) is 3.25. The van der Waals surface area contributed by atoms with Gasteiger partial charge in [0.2, 0.25) is 0 Å². The Labute approximate surface area is 80.2 Å². The summed E-state index contributed by atoms with van der Waals surface area (Å²) < 4.78 is 0. The van der Waals surface area contributed by atoms with Crippen LogP contribution >= 0.6 is 0 Å². The Hall–Kier alpha value is -0.590. The van der Waals surface area contributed by atoms with Gasteiger partial charge in [-0.3, -0.25) is 4.79 Å². The maximum atomic E-state index is 11.5. The molecule has 0 N–H and O–H groups in total. The summed E-state index contributed by atoms with van der Waals surface area (Å²) >= 11 is 0. The SMILES string of the molecule is C=C1C(=O)CCC12CCCCCC2. The van der Waals surface area contributed by atoms with Crippen LogP contribution in [0.5, 0.6) is 0 Å². The summed E-state index contributed by atoms with van der Waals surface area (Å²) in [6.07, 6.45) is 9.59. The number of carbonyl (C=O) groups is 1. The smallest absolute Gasteiger partial charge is 0.158 e. The molecule has 0 bridgehead atoms. The minimum Gasteiger partial charge on any atom is -0.295 e. The van der Waals surface area contributed by atoms with Gasteiger partial charge >= 0.3 is 0 Å². The molecule has 2 aliphatic rings. The lowest BCUT2D eigenvalue weighted by Crippen LogP contribution is -2.18. The van der Waals surface area contributed by atoms with Gasteiger partial charge in [0, 0.05) is 6.42 Å². The van der Waals surface area contributed by atoms with Crippen molar-refractivity contribution < 1.29 is 4.79 Å². The van der Waals surface area contributed by atoms with Gasteiger partial charge in [-0.2, -0.15) is 0 Å². The molecule has 0 aliphatic heterocycles. The first-order chi connectivity index (χ1) is 6.25. The largest absolute Gasteiger partial charge is 0.295 e. The third-order valence-corrected chi connectivity index (χ3v) is 3.87. The van der Waals surface area contributed by atoms with Crippen LogP contribution in [0.15, 0.2) is 12.2 Å². The van der Waals surface area contributed by atoms with Gasteiger partial charge in [0.25, 0.3) is 0 Å². The number of hydrogen-bond donors (Lipinski definition) is 0. The number of rotatable bonds is 0. The molecule has 2 saturated carbocycles. The molecule has 0 saturated heterocycles. The molecule has 1 nitrogen and oxygen atoms in total. The van der Waals surface area contributed by atoms with Crippen molar-refractivity contribution in [2.45, 2.75) is 51.4 Å². The van der Waals surface area contributed by atoms with E-state index in [2.05, 4.69) is 6.58 Å². The van der Waals surface area contributed by atoms with Crippen LogP contribution in [-0.4, -0.2) is 5.78 Å². The van der Waals surface area contributed by atoms with Crippen molar-refractivity contribution in [1.82, 2.24) is 0 Å². The van der Waals surface area contributed by atoms with E-state index in [1.807, 2.05) is 0 Å². The highest BCUT2D eigenvalue weighted by molar-refractivity contribution is 5.98. The molecule has 0 amide bonds. The van der Waals surface area contributed by atoms with E-state index in [1.54, 1.807) is 0 Å². The third-order valence-electron chi connectivity index (χ3n) is 3.87. The molecule has 0 radical (unpaired) electrons. The van der Waals surface area contributed by atoms with E-state index >= 15 is 0 Å². The first kappa shape index (κ1) is 8.98. The summed E-state index contributed by atoms with van der Waals surface area (Å²) in [6, 6.07) is 0. The summed E-state index contributed by atoms with van der Waals surface area (Å²) in [5.74, 6) is 0.335. The zero-order valence-electron chi connectivity index (χ0n) is 8.27. The number of carbonyl (C=O) groups excluding carboxylic acids is 1. The molecule has 13 heavy (non-hydrogen) atoms. The summed E-state index contributed by atoms with van der Waals surface area (Å²) in [5, 5.41) is 0. The fourth-order valence-corrected chi connectivity index (χ4v) is 2.91. The number of ketones is 1. The Morgan fingerprint density at radius 2 is 1.62 bits per heavy atom. The molecule has 1 heteroatoms. The average Bonchev–Trinajstić information content (AvgIpc) is 2.38. The molecule has 2 rings (SSSR count). The molecule has 72 valence electrons. The topological polar surface area (TPSA) is 17.1 Å². The first-order valence-electron chi connectivity index (χ1n) is 5.47. The summed E-state index contributed by atoms with van der Waals surface area (Å²) in [5.41, 5.74) is 1.20. The third kappa shape index (κ3) is 1.45. The Morgan fingerprint density at radius 3 is 2.08 bits per heavy atom. The van der Waals surface area contributed by atoms with Crippen LogP contribution < -0.4 is 0 Å². The highest BCUT2D eigenvalue weighted by Crippen LogP contribution is 2.49. The van der Waals surface area contributed by atoms with Crippen LogP contribution in [0.3, 0.4) is 0 Å². The lowest BCUT2D eigenvalue weighted by molar-refractivity contribution is -0.114. The van der Waals surface area contributed by atoms with Crippen molar-refractivity contribution in [1.29, 1.82) is 0 Å². The Kier molecular flexibility index (Phi) is 2.27. The van der Waals surface area contributed by atoms with Crippen molar-refractivity contribution in [3.05, 3.63) is 12.2 Å². The molecule has 1 spiro atoms. The summed E-state index contributed by atoms with van der Waals surface area (Å²) in [6.45, 7) is 4.00. The van der Waals surface area contributed by atoms with Crippen LogP contribution in [0.25, 0.3) is 0 Å². The maximum absolute atomic E-state index is 11.5. The minimum absolute atomic E-state index is 0.244. The average molecular weight is 178 g/mol. The van der Waals surface area contributed by atoms with Gasteiger partial charge in [-0.1, -0.05) is 32.3 Å². The van der Waals surface area contributed by atoms with Crippen molar-refractivity contribution >= 4 is 5.78 Å². The quantitative estimate of drug-likeness (QED) is 0.520. The lowest BCUT2D eigenvalue weighted by Gasteiger charge is -2.27. The molecule has 2 fully saturated rings. The molecule has 0 aromatic heterocycles. The van der Waals surface area contributed by atoms with E-state index in [-0.39, 0.29) is 5.41 Å². The molecule has 0 aromatic rings. The lowest BCUT2D eigenvalue weighted by atomic mass is 9.76. The molecule has 0 atom stereocenters. The zero-order chi connectivity index (χ0) is 9.31. The van der Waals surface area contributed by atoms with Gasteiger partial charge in [-0.15, -0.1) is 0 Å². The van der Waals surface area contributed by atoms with Gasteiger partial charge in [-0.05, 0) is 30.3 Å². The van der Waals surface area contributed by atoms with Crippen molar-refractivity contribution in [2.75, 3.05) is 0 Å². The van der Waals surface area contributed by atoms with E-state index < -0.39 is 0 Å². The zero-order valence-corrected chi connectivity index (χ0v) is 8.27. The second-order valence-electron chi connectivity index (χ2n) is 4.60. The van der Waals surface area contributed by atoms with Crippen LogP contribution in [0.4, 0.5) is 0 Å². The maximum Gasteiger partial charge on any atom is 0.158 e. The van der Waals surface area contributed by atoms with Gasteiger partial charge in [0.05, 0.1) is 0 Å². The monoisotopic (exact) mass is 178 g/mol. The van der Waals surface area contributed by atoms with Crippen LogP contribution in [0.1, 0.15) is 51.4 Å². The van der Waals surface area contributed by atoms with Crippen LogP contribution in [-0.2, 0) is 4.79 Å². The van der Waals surface area contributed by atoms with E-state index in [4.69, 9.17) is 0 Å². The normalized spacial score (nSPS) is 28.0. The standard InChI is InChI=1S/C12H18O/c1-10-11(13)6-9-12(10)7-4-2-3-5-8-12/h1-9H2. The highest BCUT2D eigenvalue weighted by Gasteiger charge is 2.41. The first-order valence-corrected chi connectivity index (χ1v) is 5.47. The van der Waals surface area contributed by atoms with Crippen molar-refractivity contribution in [3.8, 4) is 0 Å². The van der Waals surface area contributed by atoms with E-state index in [1.165, 1.54) is 38.5 Å². The Morgan fingerprint density at radius 1 is 1.00 bits per heavy atom. The van der Waals surface area contributed by atoms with Gasteiger partial charge in [0.1, 0.15) is 0 Å². The van der Waals surface area contributed by atoms with Crippen LogP contribution in [0.2, 0.25) is 0 Å². The summed E-state index contributed by atoms with van der Waals surface area (Å²) in [7, 11) is 0. The molecule has 2 aliphatic carbocycles. The highest BCUT2D eigenvalue weighted by atomic mass is 16.1. The number of hydrogen-bond acceptors (Lipinski definition) is 1. The van der Waals surface area contributed by atoms with Gasteiger partial charge in [-0.25, -0.2) is 0 Å². The number of Topliss-reactive ketones (excluding diaryl/α,β-unsaturated/α-hetero) is 1. The second kappa shape index (κ2) is 3.28. The summed E-state index contributed by atoms with van der Waals surface area (Å²) in [4.78, 5) is 11.5. The Bertz CT molecular complexity index is 232. The van der Waals surface area contributed by atoms with Crippen molar-refractivity contribution in [2.24, 2.45) is 5.41 Å². The van der Waals surface area contributed by atoms with Gasteiger partial charge in [0.15, 0.2) is 5.78 Å². The fraction of sp³-hybridized carbons (Fsp3) is 0.750. The fourth-order valence-electron chi connectivity index (χ4n) is 2.91. The molecule has 0 aromatic carbocycles. The van der Waals surface area contributed by atoms with E-state index in [0.29, 0.717) is 5.78 Å². The number of allylic oxidation sites excluding steroid dienone is 1. The predicted molar refractivity (Wildman–Crippen MR) is 53.5 cm³/mol. The molecular weight excluding hydrogens is 160 g/mol. The van der Waals surface area contributed by atoms with Crippen LogP contribution in [0, 0.1) is 5.41 Å². The molecule has 0 unspecified atom stereocenters. The second-order valence-corrected chi connectivity index (χ2v) is 4.60. The van der Waals surface area contributed by atoms with Crippen molar-refractivity contribution in [3.63, 3.8) is 0 Å². The van der Waals surface area contributed by atoms with E-state index in [9.17, 15) is 4.79 Å². The van der Waals surface area contributed by atoms with Gasteiger partial charge < -0.3 is 0 Å².